The van der Waals surface area contributed by atoms with Gasteiger partial charge in [0, 0.05) is 32.9 Å². The Balaban J connectivity index is 1.20. The van der Waals surface area contributed by atoms with Crippen LogP contribution in [0.5, 0.6) is 0 Å². The van der Waals surface area contributed by atoms with Crippen molar-refractivity contribution >= 4 is 101 Å². The minimum atomic E-state index is -3.12. The normalized spacial score (nSPS) is 12.0. The molecule has 0 radical (unpaired) electrons. The highest BCUT2D eigenvalue weighted by Crippen LogP contribution is 2.37. The molecule has 4 heteroatoms. The van der Waals surface area contributed by atoms with Gasteiger partial charge in [0.15, 0.2) is 16.1 Å². The first-order valence-corrected chi connectivity index (χ1v) is 28.3. The number of hydrogen-bond donors (Lipinski definition) is 0. The van der Waals surface area contributed by atoms with Gasteiger partial charge in [-0.15, -0.1) is 0 Å². The SMILES string of the molecule is c1ccc([Si](c2ccccc2)(c2ccccc2)c2ccc([Si](c3ccccc3)(c3ccccc3)c3ccccc3)c(-n3c4ccccc4c4cc(-n5c6ccccc6c6ccccc65)ccc43)c2)cc1. The van der Waals surface area contributed by atoms with Gasteiger partial charge in [-0.25, -0.2) is 0 Å². The van der Waals surface area contributed by atoms with E-state index >= 15 is 0 Å². The zero-order chi connectivity index (χ0) is 46.5. The Hall–Kier alpha value is -8.55. The summed E-state index contributed by atoms with van der Waals surface area (Å²) in [6, 6.07) is 110. The average Bonchev–Trinajstić information content (AvgIpc) is 3.96. The Morgan fingerprint density at radius 3 is 0.957 bits per heavy atom. The van der Waals surface area contributed by atoms with Crippen molar-refractivity contribution in [2.24, 2.45) is 0 Å². The van der Waals surface area contributed by atoms with Gasteiger partial charge in [0.1, 0.15) is 0 Å². The molecule has 0 N–H and O–H groups in total. The molecular formula is C66H48N2Si2. The summed E-state index contributed by atoms with van der Waals surface area (Å²) in [6.07, 6.45) is 0. The lowest BCUT2D eigenvalue weighted by Gasteiger charge is -2.38. The summed E-state index contributed by atoms with van der Waals surface area (Å²) >= 11 is 0. The van der Waals surface area contributed by atoms with Crippen molar-refractivity contribution < 1.29 is 0 Å². The number of benzene rings is 11. The van der Waals surface area contributed by atoms with E-state index in [2.05, 4.69) is 300 Å². The van der Waals surface area contributed by atoms with Crippen LogP contribution in [-0.4, -0.2) is 25.3 Å². The molecule has 13 aromatic rings. The molecule has 2 aromatic heterocycles. The molecule has 0 saturated heterocycles. The molecule has 0 bridgehead atoms. The number of nitrogens with zero attached hydrogens (tertiary/aromatic N) is 2. The summed E-state index contributed by atoms with van der Waals surface area (Å²) in [4.78, 5) is 0. The van der Waals surface area contributed by atoms with Crippen molar-refractivity contribution in [2.75, 3.05) is 0 Å². The smallest absolute Gasteiger partial charge is 0.181 e. The third-order valence-electron chi connectivity index (χ3n) is 14.8. The summed E-state index contributed by atoms with van der Waals surface area (Å²) in [5.74, 6) is 0. The summed E-state index contributed by atoms with van der Waals surface area (Å²) in [6.45, 7) is 0. The van der Waals surface area contributed by atoms with E-state index in [0.29, 0.717) is 0 Å². The maximum atomic E-state index is 2.62. The van der Waals surface area contributed by atoms with Crippen LogP contribution in [0.2, 0.25) is 0 Å². The van der Waals surface area contributed by atoms with E-state index < -0.39 is 16.1 Å². The summed E-state index contributed by atoms with van der Waals surface area (Å²) in [5.41, 5.74) is 7.11. The second kappa shape index (κ2) is 17.2. The second-order valence-corrected chi connectivity index (χ2v) is 25.9. The zero-order valence-electron chi connectivity index (χ0n) is 38.6. The molecule has 330 valence electrons. The summed E-state index contributed by atoms with van der Waals surface area (Å²) < 4.78 is 5.07. The lowest BCUT2D eigenvalue weighted by molar-refractivity contribution is 1.17. The number of aromatic nitrogens is 2. The number of hydrogen-bond acceptors (Lipinski definition) is 0. The van der Waals surface area contributed by atoms with Crippen LogP contribution in [0.15, 0.2) is 291 Å². The predicted octanol–water partition coefficient (Wildman–Crippen LogP) is 10.6. The van der Waals surface area contributed by atoms with E-state index in [1.807, 2.05) is 0 Å². The van der Waals surface area contributed by atoms with Gasteiger partial charge in [-0.2, -0.15) is 0 Å². The zero-order valence-corrected chi connectivity index (χ0v) is 40.6. The fourth-order valence-corrected chi connectivity index (χ4v) is 21.6. The molecule has 0 atom stereocenters. The van der Waals surface area contributed by atoms with Gasteiger partial charge in [-0.05, 0) is 84.0 Å². The Labute approximate surface area is 410 Å². The van der Waals surface area contributed by atoms with Gasteiger partial charge in [-0.1, -0.05) is 249 Å². The fraction of sp³-hybridized carbons (Fsp3) is 0. The number of para-hydroxylation sites is 3. The van der Waals surface area contributed by atoms with Gasteiger partial charge in [0.2, 0.25) is 0 Å². The first-order valence-electron chi connectivity index (χ1n) is 24.3. The Bertz CT molecular complexity index is 3730. The van der Waals surface area contributed by atoms with E-state index in [1.165, 1.54) is 90.8 Å². The Kier molecular flexibility index (Phi) is 10.2. The van der Waals surface area contributed by atoms with Crippen LogP contribution in [0.3, 0.4) is 0 Å². The minimum absolute atomic E-state index is 1.15. The van der Waals surface area contributed by atoms with Crippen molar-refractivity contribution in [3.8, 4) is 11.4 Å². The summed E-state index contributed by atoms with van der Waals surface area (Å²) in [5, 5.41) is 15.7. The van der Waals surface area contributed by atoms with E-state index in [4.69, 9.17) is 0 Å². The predicted molar refractivity (Wildman–Crippen MR) is 302 cm³/mol. The first kappa shape index (κ1) is 41.6. The lowest BCUT2D eigenvalue weighted by atomic mass is 10.1. The van der Waals surface area contributed by atoms with Crippen LogP contribution in [0.4, 0.5) is 0 Å². The molecule has 0 unspecified atom stereocenters. The van der Waals surface area contributed by atoms with Gasteiger partial charge >= 0.3 is 0 Å². The van der Waals surface area contributed by atoms with Crippen LogP contribution < -0.4 is 41.5 Å². The fourth-order valence-electron chi connectivity index (χ4n) is 11.9. The van der Waals surface area contributed by atoms with Crippen LogP contribution in [0.1, 0.15) is 0 Å². The molecule has 70 heavy (non-hydrogen) atoms. The van der Waals surface area contributed by atoms with Crippen LogP contribution >= 0.6 is 0 Å². The molecule has 2 heterocycles. The van der Waals surface area contributed by atoms with E-state index in [-0.39, 0.29) is 0 Å². The molecule has 0 spiro atoms. The van der Waals surface area contributed by atoms with E-state index in [1.54, 1.807) is 0 Å². The van der Waals surface area contributed by atoms with Crippen molar-refractivity contribution in [1.82, 2.24) is 9.13 Å². The maximum absolute atomic E-state index is 3.12. The molecule has 0 aliphatic carbocycles. The monoisotopic (exact) mass is 924 g/mol. The molecule has 0 fully saturated rings. The van der Waals surface area contributed by atoms with E-state index in [9.17, 15) is 0 Å². The lowest BCUT2D eigenvalue weighted by Crippen LogP contribution is -2.77. The molecule has 11 aromatic carbocycles. The van der Waals surface area contributed by atoms with Gasteiger partial charge in [0.25, 0.3) is 0 Å². The third-order valence-corrected chi connectivity index (χ3v) is 24.4. The molecule has 0 saturated carbocycles. The van der Waals surface area contributed by atoms with Gasteiger partial charge in [-0.3, -0.25) is 0 Å². The van der Waals surface area contributed by atoms with Crippen LogP contribution in [-0.2, 0) is 0 Å². The topological polar surface area (TPSA) is 9.86 Å². The molecule has 0 amide bonds. The molecular weight excluding hydrogens is 877 g/mol. The average molecular weight is 925 g/mol. The molecule has 2 nitrogen and oxygen atoms in total. The highest BCUT2D eigenvalue weighted by molar-refractivity contribution is 7.21. The highest BCUT2D eigenvalue weighted by Gasteiger charge is 2.46. The third kappa shape index (κ3) is 6.38. The number of fused-ring (bicyclic) bond motifs is 6. The van der Waals surface area contributed by atoms with Crippen molar-refractivity contribution in [2.45, 2.75) is 0 Å². The molecule has 13 rings (SSSR count). The molecule has 0 aliphatic heterocycles. The quantitative estimate of drug-likeness (QED) is 0.0956. The minimum Gasteiger partial charge on any atom is -0.309 e. The van der Waals surface area contributed by atoms with Crippen molar-refractivity contribution in [1.29, 1.82) is 0 Å². The van der Waals surface area contributed by atoms with Gasteiger partial charge in [0.05, 0.1) is 22.1 Å². The second-order valence-electron chi connectivity index (χ2n) is 18.4. The standard InChI is InChI=1S/C66H48N2Si2/c1-7-25-50(26-8-1)69(51-27-9-2-10-28-51,52-29-11-3-12-30-52)56-44-46-66(70(53-31-13-4-14-32-53,54-33-15-5-16-34-54)55-35-17-6-18-36-55)65(48-56)68-63-42-24-21-39-59(63)60-47-49(43-45-64(60)68)67-61-40-22-19-37-57(61)58-38-20-23-41-62(58)67/h1-48H. The Morgan fingerprint density at radius 2 is 0.543 bits per heavy atom. The van der Waals surface area contributed by atoms with Crippen LogP contribution in [0, 0.1) is 0 Å². The molecule has 0 aliphatic rings. The highest BCUT2D eigenvalue weighted by atomic mass is 28.3. The Morgan fingerprint density at radius 1 is 0.214 bits per heavy atom. The number of rotatable bonds is 10. The maximum Gasteiger partial charge on any atom is 0.181 e. The largest absolute Gasteiger partial charge is 0.309 e. The summed E-state index contributed by atoms with van der Waals surface area (Å²) in [7, 11) is -6.12. The van der Waals surface area contributed by atoms with Crippen molar-refractivity contribution in [3.05, 3.63) is 291 Å². The van der Waals surface area contributed by atoms with Crippen LogP contribution in [0.25, 0.3) is 55.0 Å². The first-order chi connectivity index (χ1) is 34.8. The van der Waals surface area contributed by atoms with E-state index in [0.717, 1.165) is 5.69 Å². The van der Waals surface area contributed by atoms with Crippen molar-refractivity contribution in [3.63, 3.8) is 0 Å². The van der Waals surface area contributed by atoms with Gasteiger partial charge < -0.3 is 9.13 Å².